The number of carboxylic acids is 1. The SMILES string of the molecule is COc1c(N2CCN(C/C(C)=N/NC(=O)c3ccncc3)C(C)C2)c(F)cc2c(=O)c(C(=O)O)cn(C3CC3)c12. The van der Waals surface area contributed by atoms with Crippen LogP contribution in [0.25, 0.3) is 10.9 Å². The summed E-state index contributed by atoms with van der Waals surface area (Å²) in [5, 5.41) is 13.8. The Morgan fingerprint density at radius 1 is 1.25 bits per heavy atom. The first-order chi connectivity index (χ1) is 19.2. The molecule has 1 saturated heterocycles. The van der Waals surface area contributed by atoms with Crippen molar-refractivity contribution in [3.05, 3.63) is 64.0 Å². The summed E-state index contributed by atoms with van der Waals surface area (Å²) in [7, 11) is 1.43. The summed E-state index contributed by atoms with van der Waals surface area (Å²) >= 11 is 0. The third kappa shape index (κ3) is 5.26. The maximum Gasteiger partial charge on any atom is 0.341 e. The van der Waals surface area contributed by atoms with Crippen LogP contribution in [-0.2, 0) is 0 Å². The number of pyridine rings is 2. The van der Waals surface area contributed by atoms with Gasteiger partial charge in [0, 0.05) is 68.1 Å². The van der Waals surface area contributed by atoms with Crippen molar-refractivity contribution < 1.29 is 23.8 Å². The van der Waals surface area contributed by atoms with Crippen molar-refractivity contribution in [1.29, 1.82) is 0 Å². The number of anilines is 1. The molecule has 3 aromatic rings. The van der Waals surface area contributed by atoms with Crippen LogP contribution in [0, 0.1) is 5.82 Å². The molecule has 0 spiro atoms. The zero-order chi connectivity index (χ0) is 28.6. The van der Waals surface area contributed by atoms with Crippen LogP contribution in [0.3, 0.4) is 0 Å². The molecule has 2 fully saturated rings. The number of hydrazone groups is 1. The lowest BCUT2D eigenvalue weighted by Gasteiger charge is -2.41. The molecule has 1 saturated carbocycles. The largest absolute Gasteiger partial charge is 0.492 e. The van der Waals surface area contributed by atoms with E-state index < -0.39 is 17.2 Å². The highest BCUT2D eigenvalue weighted by molar-refractivity contribution is 5.97. The molecule has 1 aliphatic heterocycles. The number of halogens is 1. The number of piperazine rings is 1. The Balaban J connectivity index is 1.38. The molecule has 210 valence electrons. The summed E-state index contributed by atoms with van der Waals surface area (Å²) < 4.78 is 23.1. The minimum Gasteiger partial charge on any atom is -0.492 e. The molecule has 11 nitrogen and oxygen atoms in total. The van der Waals surface area contributed by atoms with Crippen LogP contribution < -0.4 is 20.5 Å². The first kappa shape index (κ1) is 27.3. The number of benzene rings is 1. The van der Waals surface area contributed by atoms with Crippen LogP contribution >= 0.6 is 0 Å². The molecule has 2 aliphatic rings. The Morgan fingerprint density at radius 2 is 1.98 bits per heavy atom. The molecule has 0 bridgehead atoms. The van der Waals surface area contributed by atoms with Crippen LogP contribution in [0.15, 0.2) is 46.7 Å². The van der Waals surface area contributed by atoms with E-state index in [1.807, 2.05) is 18.7 Å². The quantitative estimate of drug-likeness (QED) is 0.324. The van der Waals surface area contributed by atoms with Crippen LogP contribution in [0.5, 0.6) is 5.75 Å². The van der Waals surface area contributed by atoms with Crippen molar-refractivity contribution in [1.82, 2.24) is 19.9 Å². The first-order valence-corrected chi connectivity index (χ1v) is 13.1. The van der Waals surface area contributed by atoms with E-state index in [0.717, 1.165) is 24.6 Å². The number of hydrogen-bond acceptors (Lipinski definition) is 8. The topological polar surface area (TPSA) is 129 Å². The van der Waals surface area contributed by atoms with Gasteiger partial charge in [-0.1, -0.05) is 0 Å². The van der Waals surface area contributed by atoms with Crippen LogP contribution in [0.4, 0.5) is 10.1 Å². The van der Waals surface area contributed by atoms with Gasteiger partial charge in [0.25, 0.3) is 5.91 Å². The van der Waals surface area contributed by atoms with Crippen LogP contribution in [0.2, 0.25) is 0 Å². The number of rotatable bonds is 8. The van der Waals surface area contributed by atoms with Crippen molar-refractivity contribution >= 4 is 34.2 Å². The highest BCUT2D eigenvalue weighted by atomic mass is 19.1. The van der Waals surface area contributed by atoms with E-state index in [0.29, 0.717) is 37.3 Å². The molecular weight excluding hydrogens is 519 g/mol. The standard InChI is InChI=1S/C28H31FN6O5/c1-16(31-32-27(37)18-6-8-30-9-7-18)13-33-10-11-34(14-17(33)2)24-22(29)12-20-23(26(24)40-3)35(19-4-5-19)15-21(25(20)36)28(38)39/h6-9,12,15,17,19H,4-5,10-11,13-14H2,1-3H3,(H,32,37)(H,38,39)/b31-16+. The van der Waals surface area contributed by atoms with Gasteiger partial charge in [0.05, 0.1) is 18.0 Å². The van der Waals surface area contributed by atoms with Crippen molar-refractivity contribution in [2.24, 2.45) is 5.10 Å². The average Bonchev–Trinajstić information content (AvgIpc) is 3.78. The monoisotopic (exact) mass is 550 g/mol. The van der Waals surface area contributed by atoms with E-state index in [1.54, 1.807) is 29.1 Å². The second-order valence-corrected chi connectivity index (χ2v) is 10.2. The predicted octanol–water partition coefficient (Wildman–Crippen LogP) is 2.89. The number of aromatic carboxylic acids is 1. The number of nitrogens with one attached hydrogen (secondary N) is 1. The van der Waals surface area contributed by atoms with Gasteiger partial charge in [-0.25, -0.2) is 14.6 Å². The molecule has 1 atom stereocenters. The van der Waals surface area contributed by atoms with Gasteiger partial charge in [0.15, 0.2) is 11.6 Å². The van der Waals surface area contributed by atoms with Gasteiger partial charge in [-0.3, -0.25) is 19.5 Å². The number of carboxylic acid groups (broad SMARTS) is 1. The summed E-state index contributed by atoms with van der Waals surface area (Å²) in [4.78, 5) is 45.0. The lowest BCUT2D eigenvalue weighted by Crippen LogP contribution is -2.53. The smallest absolute Gasteiger partial charge is 0.341 e. The maximum absolute atomic E-state index is 15.7. The predicted molar refractivity (Wildman–Crippen MR) is 148 cm³/mol. The lowest BCUT2D eigenvalue weighted by molar-refractivity contribution is 0.0694. The molecule has 40 heavy (non-hydrogen) atoms. The summed E-state index contributed by atoms with van der Waals surface area (Å²) in [5.41, 5.74) is 3.31. The molecule has 2 aromatic heterocycles. The third-order valence-electron chi connectivity index (χ3n) is 7.38. The molecule has 1 amide bonds. The number of carbonyl (C=O) groups is 2. The molecule has 3 heterocycles. The van der Waals surface area contributed by atoms with Gasteiger partial charge in [0.1, 0.15) is 11.3 Å². The summed E-state index contributed by atoms with van der Waals surface area (Å²) in [6.07, 6.45) is 6.11. The van der Waals surface area contributed by atoms with Crippen molar-refractivity contribution in [3.8, 4) is 5.75 Å². The molecule has 12 heteroatoms. The normalized spacial score (nSPS) is 18.1. The van der Waals surface area contributed by atoms with Crippen molar-refractivity contribution in [2.75, 3.05) is 38.2 Å². The number of amides is 1. The lowest BCUT2D eigenvalue weighted by atomic mass is 10.1. The fraction of sp³-hybridized carbons (Fsp3) is 0.393. The molecular formula is C28H31FN6O5. The van der Waals surface area contributed by atoms with Gasteiger partial charge in [-0.15, -0.1) is 0 Å². The molecule has 1 aliphatic carbocycles. The van der Waals surface area contributed by atoms with Gasteiger partial charge < -0.3 is 19.3 Å². The first-order valence-electron chi connectivity index (χ1n) is 13.1. The van der Waals surface area contributed by atoms with E-state index in [4.69, 9.17) is 4.74 Å². The van der Waals surface area contributed by atoms with Gasteiger partial charge >= 0.3 is 5.97 Å². The summed E-state index contributed by atoms with van der Waals surface area (Å²) in [5.74, 6) is -2.07. The van der Waals surface area contributed by atoms with Gasteiger partial charge in [-0.2, -0.15) is 5.10 Å². The van der Waals surface area contributed by atoms with Crippen LogP contribution in [0.1, 0.15) is 53.4 Å². The number of nitrogens with zero attached hydrogens (tertiary/aromatic N) is 5. The molecule has 1 unspecified atom stereocenters. The Bertz CT molecular complexity index is 1550. The van der Waals surface area contributed by atoms with Crippen molar-refractivity contribution in [2.45, 2.75) is 38.8 Å². The molecule has 1 aromatic carbocycles. The number of aromatic nitrogens is 2. The fourth-order valence-corrected chi connectivity index (χ4v) is 5.20. The number of carbonyl (C=O) groups excluding carboxylic acids is 1. The third-order valence-corrected chi connectivity index (χ3v) is 7.38. The van der Waals surface area contributed by atoms with E-state index in [9.17, 15) is 19.5 Å². The highest BCUT2D eigenvalue weighted by Crippen LogP contribution is 2.44. The Kier molecular flexibility index (Phi) is 7.53. The number of hydrogen-bond donors (Lipinski definition) is 2. The van der Waals surface area contributed by atoms with Crippen molar-refractivity contribution in [3.63, 3.8) is 0 Å². The average molecular weight is 551 g/mol. The molecule has 2 N–H and O–H groups in total. The fourth-order valence-electron chi connectivity index (χ4n) is 5.20. The second kappa shape index (κ2) is 11.0. The van der Waals surface area contributed by atoms with Gasteiger partial charge in [0.2, 0.25) is 5.43 Å². The highest BCUT2D eigenvalue weighted by Gasteiger charge is 2.33. The minimum atomic E-state index is -1.34. The van der Waals surface area contributed by atoms with Gasteiger partial charge in [-0.05, 0) is 44.9 Å². The number of ether oxygens (including phenoxy) is 1. The zero-order valence-electron chi connectivity index (χ0n) is 22.6. The Labute approximate surface area is 229 Å². The van der Waals surface area contributed by atoms with E-state index in [-0.39, 0.29) is 40.4 Å². The summed E-state index contributed by atoms with van der Waals surface area (Å²) in [6, 6.07) is 4.40. The van der Waals surface area contributed by atoms with E-state index in [1.165, 1.54) is 13.3 Å². The van der Waals surface area contributed by atoms with E-state index >= 15 is 4.39 Å². The number of methoxy groups -OCH3 is 1. The van der Waals surface area contributed by atoms with E-state index in [2.05, 4.69) is 20.4 Å². The zero-order valence-corrected chi connectivity index (χ0v) is 22.6. The molecule has 0 radical (unpaired) electrons. The Morgan fingerprint density at radius 3 is 2.60 bits per heavy atom. The summed E-state index contributed by atoms with van der Waals surface area (Å²) in [6.45, 7) is 5.94. The van der Waals surface area contributed by atoms with Crippen LogP contribution in [-0.4, -0.2) is 76.5 Å². The molecule has 5 rings (SSSR count). The maximum atomic E-state index is 15.7. The minimum absolute atomic E-state index is 0.00256. The second-order valence-electron chi connectivity index (χ2n) is 10.2. The Hall–Kier alpha value is -4.32. The number of fused-ring (bicyclic) bond motifs is 1.